The van der Waals surface area contributed by atoms with Gasteiger partial charge in [-0.1, -0.05) is 36.4 Å². The van der Waals surface area contributed by atoms with Crippen molar-refractivity contribution in [3.05, 3.63) is 72.3 Å². The molecule has 0 amide bonds. The van der Waals surface area contributed by atoms with Crippen LogP contribution in [0.25, 0.3) is 21.9 Å². The van der Waals surface area contributed by atoms with Crippen LogP contribution in [-0.2, 0) is 4.79 Å². The summed E-state index contributed by atoms with van der Waals surface area (Å²) in [6, 6.07) is 20.6. The fourth-order valence-electron chi connectivity index (χ4n) is 2.78. The van der Waals surface area contributed by atoms with Crippen molar-refractivity contribution in [1.29, 1.82) is 0 Å². The van der Waals surface area contributed by atoms with Crippen LogP contribution in [-0.4, -0.2) is 12.6 Å². The van der Waals surface area contributed by atoms with Crippen molar-refractivity contribution in [2.45, 2.75) is 6.92 Å². The summed E-state index contributed by atoms with van der Waals surface area (Å²) in [5.74, 6) is 0.698. The highest BCUT2D eigenvalue weighted by Crippen LogP contribution is 2.31. The molecule has 4 nitrogen and oxygen atoms in total. The van der Waals surface area contributed by atoms with Gasteiger partial charge < -0.3 is 13.9 Å². The maximum absolute atomic E-state index is 12.1. The van der Waals surface area contributed by atoms with Gasteiger partial charge in [0.1, 0.15) is 22.7 Å². The second-order valence-electron chi connectivity index (χ2n) is 5.78. The van der Waals surface area contributed by atoms with E-state index in [-0.39, 0.29) is 6.61 Å². The summed E-state index contributed by atoms with van der Waals surface area (Å²) in [6.45, 7) is 1.79. The lowest BCUT2D eigenvalue weighted by Crippen LogP contribution is -2.17. The van der Waals surface area contributed by atoms with Gasteiger partial charge in [-0.2, -0.15) is 0 Å². The summed E-state index contributed by atoms with van der Waals surface area (Å²) in [7, 11) is 0. The molecule has 0 aliphatic carbocycles. The van der Waals surface area contributed by atoms with Gasteiger partial charge in [0.25, 0.3) is 0 Å². The van der Waals surface area contributed by atoms with Crippen molar-refractivity contribution in [3.8, 4) is 11.5 Å². The van der Waals surface area contributed by atoms with Gasteiger partial charge in [-0.3, -0.25) is 0 Å². The van der Waals surface area contributed by atoms with Gasteiger partial charge in [0.15, 0.2) is 6.61 Å². The Bertz CT molecular complexity index is 1060. The Hall–Kier alpha value is -3.27. The molecule has 0 unspecified atom stereocenters. The number of aryl methyl sites for hydroxylation is 1. The van der Waals surface area contributed by atoms with E-state index in [1.165, 1.54) is 0 Å². The maximum Gasteiger partial charge on any atom is 0.349 e. The second kappa shape index (κ2) is 6.32. The molecular formula is C21H16O4. The number of carbonyl (C=O) groups excluding carboxylic acids is 1. The Labute approximate surface area is 144 Å². The van der Waals surface area contributed by atoms with Gasteiger partial charge in [-0.25, -0.2) is 4.79 Å². The van der Waals surface area contributed by atoms with Crippen LogP contribution in [0, 0.1) is 6.92 Å². The third-order valence-corrected chi connectivity index (χ3v) is 4.02. The summed E-state index contributed by atoms with van der Waals surface area (Å²) in [5, 5.41) is 1.91. The van der Waals surface area contributed by atoms with E-state index < -0.39 is 5.97 Å². The summed E-state index contributed by atoms with van der Waals surface area (Å²) in [5.41, 5.74) is 2.54. The molecule has 0 atom stereocenters. The van der Waals surface area contributed by atoms with E-state index in [0.29, 0.717) is 11.5 Å². The predicted octanol–water partition coefficient (Wildman–Crippen LogP) is 4.88. The molecule has 0 aliphatic rings. The zero-order valence-electron chi connectivity index (χ0n) is 13.7. The van der Waals surface area contributed by atoms with Crippen LogP contribution in [0.2, 0.25) is 0 Å². The van der Waals surface area contributed by atoms with E-state index in [2.05, 4.69) is 0 Å². The monoisotopic (exact) mass is 332 g/mol. The molecular weight excluding hydrogens is 316 g/mol. The molecule has 0 saturated carbocycles. The third-order valence-electron chi connectivity index (χ3n) is 4.02. The Morgan fingerprint density at radius 1 is 0.920 bits per heavy atom. The van der Waals surface area contributed by atoms with Crippen LogP contribution < -0.4 is 9.47 Å². The molecule has 4 heteroatoms. The molecule has 0 fully saturated rings. The molecule has 0 saturated heterocycles. The van der Waals surface area contributed by atoms with Crippen molar-refractivity contribution < 1.29 is 18.7 Å². The molecule has 0 N–H and O–H groups in total. The Balaban J connectivity index is 1.51. The van der Waals surface area contributed by atoms with Gasteiger partial charge in [0, 0.05) is 10.8 Å². The third kappa shape index (κ3) is 3.06. The number of para-hydroxylation sites is 2. The predicted molar refractivity (Wildman–Crippen MR) is 96.0 cm³/mol. The summed E-state index contributed by atoms with van der Waals surface area (Å²) < 4.78 is 16.7. The number of hydrogen-bond acceptors (Lipinski definition) is 4. The topological polar surface area (TPSA) is 48.7 Å². The number of carbonyl (C=O) groups is 1. The van der Waals surface area contributed by atoms with Crippen LogP contribution in [0.5, 0.6) is 11.5 Å². The first-order valence-electron chi connectivity index (χ1n) is 8.01. The number of rotatable bonds is 4. The van der Waals surface area contributed by atoms with Gasteiger partial charge in [-0.15, -0.1) is 0 Å². The first-order valence-corrected chi connectivity index (χ1v) is 8.01. The first kappa shape index (κ1) is 15.3. The smallest absolute Gasteiger partial charge is 0.349 e. The first-order chi connectivity index (χ1) is 12.2. The number of hydrogen-bond donors (Lipinski definition) is 0. The number of fused-ring (bicyclic) bond motifs is 3. The molecule has 25 heavy (non-hydrogen) atoms. The summed E-state index contributed by atoms with van der Waals surface area (Å²) >= 11 is 0. The highest BCUT2D eigenvalue weighted by molar-refractivity contribution is 6.05. The van der Waals surface area contributed by atoms with Crippen LogP contribution in [0.1, 0.15) is 5.56 Å². The van der Waals surface area contributed by atoms with Crippen molar-refractivity contribution in [1.82, 2.24) is 0 Å². The number of benzene rings is 3. The van der Waals surface area contributed by atoms with E-state index in [4.69, 9.17) is 13.9 Å². The molecule has 0 radical (unpaired) electrons. The Morgan fingerprint density at radius 2 is 1.68 bits per heavy atom. The van der Waals surface area contributed by atoms with Crippen LogP contribution in [0.3, 0.4) is 0 Å². The second-order valence-corrected chi connectivity index (χ2v) is 5.78. The zero-order valence-corrected chi connectivity index (χ0v) is 13.7. The molecule has 0 spiro atoms. The van der Waals surface area contributed by atoms with E-state index in [0.717, 1.165) is 27.5 Å². The standard InChI is InChI=1S/C21H16O4/c1-14-6-2-4-8-18(14)23-13-21(22)24-15-10-11-20-17(12-15)16-7-3-5-9-19(16)25-20/h2-12H,13H2,1H3. The summed E-state index contributed by atoms with van der Waals surface area (Å²) in [6.07, 6.45) is 0. The fourth-order valence-corrected chi connectivity index (χ4v) is 2.78. The van der Waals surface area contributed by atoms with Crippen LogP contribution >= 0.6 is 0 Å². The average molecular weight is 332 g/mol. The molecule has 1 aromatic heterocycles. The van der Waals surface area contributed by atoms with E-state index in [9.17, 15) is 4.79 Å². The molecule has 4 aromatic rings. The zero-order chi connectivity index (χ0) is 17.2. The lowest BCUT2D eigenvalue weighted by molar-refractivity contribution is -0.136. The molecule has 1 heterocycles. The van der Waals surface area contributed by atoms with Gasteiger partial charge in [-0.05, 0) is 42.8 Å². The summed E-state index contributed by atoms with van der Waals surface area (Å²) in [4.78, 5) is 12.1. The normalized spacial score (nSPS) is 10.9. The molecule has 0 bridgehead atoms. The lowest BCUT2D eigenvalue weighted by Gasteiger charge is -2.08. The SMILES string of the molecule is Cc1ccccc1OCC(=O)Oc1ccc2oc3ccccc3c2c1. The fraction of sp³-hybridized carbons (Fsp3) is 0.0952. The van der Waals surface area contributed by atoms with E-state index in [1.54, 1.807) is 12.1 Å². The largest absolute Gasteiger partial charge is 0.482 e. The minimum absolute atomic E-state index is 0.144. The molecule has 4 rings (SSSR count). The van der Waals surface area contributed by atoms with Crippen LogP contribution in [0.4, 0.5) is 0 Å². The van der Waals surface area contributed by atoms with Gasteiger partial charge in [0.05, 0.1) is 0 Å². The van der Waals surface area contributed by atoms with Crippen molar-refractivity contribution in [3.63, 3.8) is 0 Å². The number of esters is 1. The molecule has 0 aliphatic heterocycles. The van der Waals surface area contributed by atoms with E-state index in [1.807, 2.05) is 61.5 Å². The Morgan fingerprint density at radius 3 is 2.56 bits per heavy atom. The van der Waals surface area contributed by atoms with E-state index >= 15 is 0 Å². The molecule has 124 valence electrons. The minimum Gasteiger partial charge on any atom is -0.482 e. The van der Waals surface area contributed by atoms with Gasteiger partial charge in [0.2, 0.25) is 0 Å². The number of ether oxygens (including phenoxy) is 2. The number of furan rings is 1. The minimum atomic E-state index is -0.449. The van der Waals surface area contributed by atoms with Crippen molar-refractivity contribution >= 4 is 27.9 Å². The van der Waals surface area contributed by atoms with Crippen molar-refractivity contribution in [2.24, 2.45) is 0 Å². The maximum atomic E-state index is 12.1. The molecule has 3 aromatic carbocycles. The highest BCUT2D eigenvalue weighted by atomic mass is 16.6. The average Bonchev–Trinajstić information content (AvgIpc) is 2.99. The highest BCUT2D eigenvalue weighted by Gasteiger charge is 2.11. The lowest BCUT2D eigenvalue weighted by atomic mass is 10.1. The quantitative estimate of drug-likeness (QED) is 0.395. The van der Waals surface area contributed by atoms with Crippen molar-refractivity contribution in [2.75, 3.05) is 6.61 Å². The Kier molecular flexibility index (Phi) is 3.86. The van der Waals surface area contributed by atoms with Gasteiger partial charge >= 0.3 is 5.97 Å². The van der Waals surface area contributed by atoms with Crippen LogP contribution in [0.15, 0.2) is 71.1 Å².